The number of hydrogen-bond donors (Lipinski definition) is 1. The van der Waals surface area contributed by atoms with Gasteiger partial charge in [-0.05, 0) is 44.4 Å². The second-order valence-corrected chi connectivity index (χ2v) is 5.41. The van der Waals surface area contributed by atoms with Gasteiger partial charge in [0.2, 0.25) is 0 Å². The van der Waals surface area contributed by atoms with Crippen LogP contribution < -0.4 is 15.2 Å². The zero-order valence-corrected chi connectivity index (χ0v) is 13.0. The molecular weight excluding hydrogens is 262 g/mol. The average molecular weight is 286 g/mol. The number of halogens is 1. The number of ether oxygens (including phenoxy) is 2. The van der Waals surface area contributed by atoms with Gasteiger partial charge in [0, 0.05) is 6.04 Å². The molecule has 0 aliphatic carbocycles. The Bertz CT molecular complexity index is 407. The topological polar surface area (TPSA) is 44.5 Å². The maximum absolute atomic E-state index is 6.30. The predicted octanol–water partition coefficient (Wildman–Crippen LogP) is 3.81. The molecule has 0 aliphatic rings. The molecule has 1 rings (SSSR count). The highest BCUT2D eigenvalue weighted by molar-refractivity contribution is 6.32. The third-order valence-electron chi connectivity index (χ3n) is 2.86. The first-order valence-electron chi connectivity index (χ1n) is 6.76. The van der Waals surface area contributed by atoms with E-state index < -0.39 is 0 Å². The van der Waals surface area contributed by atoms with Gasteiger partial charge in [-0.25, -0.2) is 0 Å². The number of hydrogen-bond acceptors (Lipinski definition) is 3. The first-order chi connectivity index (χ1) is 8.97. The van der Waals surface area contributed by atoms with E-state index in [0.717, 1.165) is 24.8 Å². The van der Waals surface area contributed by atoms with Crippen molar-refractivity contribution >= 4 is 11.6 Å². The molecule has 0 fully saturated rings. The van der Waals surface area contributed by atoms with Crippen molar-refractivity contribution in [1.82, 2.24) is 0 Å². The first-order valence-corrected chi connectivity index (χ1v) is 7.14. The largest absolute Gasteiger partial charge is 0.493 e. The van der Waals surface area contributed by atoms with Crippen molar-refractivity contribution in [2.24, 2.45) is 5.73 Å². The highest BCUT2D eigenvalue weighted by atomic mass is 35.5. The van der Waals surface area contributed by atoms with Gasteiger partial charge in [-0.3, -0.25) is 0 Å². The Kier molecular flexibility index (Phi) is 6.46. The first kappa shape index (κ1) is 16.1. The SMILES string of the molecule is CCCC(C)Oc1c(Cl)cc(CC(C)N)cc1OC. The molecule has 2 unspecified atom stereocenters. The number of rotatable bonds is 7. The monoisotopic (exact) mass is 285 g/mol. The molecule has 1 aromatic rings. The van der Waals surface area contributed by atoms with E-state index in [1.54, 1.807) is 7.11 Å². The molecule has 3 nitrogen and oxygen atoms in total. The van der Waals surface area contributed by atoms with E-state index in [9.17, 15) is 0 Å². The summed E-state index contributed by atoms with van der Waals surface area (Å²) >= 11 is 6.30. The molecule has 0 spiro atoms. The molecule has 0 aliphatic heterocycles. The molecule has 4 heteroatoms. The number of methoxy groups -OCH3 is 1. The molecule has 19 heavy (non-hydrogen) atoms. The fraction of sp³-hybridized carbons (Fsp3) is 0.600. The van der Waals surface area contributed by atoms with Gasteiger partial charge < -0.3 is 15.2 Å². The van der Waals surface area contributed by atoms with Gasteiger partial charge in [0.15, 0.2) is 11.5 Å². The fourth-order valence-electron chi connectivity index (χ4n) is 2.04. The lowest BCUT2D eigenvalue weighted by Crippen LogP contribution is -2.18. The minimum Gasteiger partial charge on any atom is -0.493 e. The quantitative estimate of drug-likeness (QED) is 0.828. The van der Waals surface area contributed by atoms with Crippen LogP contribution in [-0.2, 0) is 6.42 Å². The molecule has 0 saturated carbocycles. The van der Waals surface area contributed by atoms with E-state index in [1.165, 1.54) is 0 Å². The van der Waals surface area contributed by atoms with Crippen LogP contribution in [0.5, 0.6) is 11.5 Å². The van der Waals surface area contributed by atoms with E-state index in [4.69, 9.17) is 26.8 Å². The normalized spacial score (nSPS) is 14.0. The van der Waals surface area contributed by atoms with Crippen molar-refractivity contribution in [1.29, 1.82) is 0 Å². The van der Waals surface area contributed by atoms with Crippen molar-refractivity contribution in [2.45, 2.75) is 52.2 Å². The molecule has 0 radical (unpaired) electrons. The summed E-state index contributed by atoms with van der Waals surface area (Å²) in [5, 5.41) is 0.581. The van der Waals surface area contributed by atoms with Crippen LogP contribution in [0.1, 0.15) is 39.2 Å². The molecule has 0 amide bonds. The molecule has 0 heterocycles. The van der Waals surface area contributed by atoms with Gasteiger partial charge in [-0.2, -0.15) is 0 Å². The molecule has 0 aromatic heterocycles. The zero-order valence-electron chi connectivity index (χ0n) is 12.2. The lowest BCUT2D eigenvalue weighted by Gasteiger charge is -2.19. The fourth-order valence-corrected chi connectivity index (χ4v) is 2.32. The standard InChI is InChI=1S/C15H24ClNO2/c1-5-6-11(3)19-15-13(16)8-12(7-10(2)17)9-14(15)18-4/h8-11H,5-7,17H2,1-4H3. The summed E-state index contributed by atoms with van der Waals surface area (Å²) in [6.45, 7) is 6.13. The van der Waals surface area contributed by atoms with Crippen molar-refractivity contribution in [3.05, 3.63) is 22.7 Å². The minimum absolute atomic E-state index is 0.0894. The molecular formula is C15H24ClNO2. The van der Waals surface area contributed by atoms with Gasteiger partial charge in [-0.15, -0.1) is 0 Å². The lowest BCUT2D eigenvalue weighted by atomic mass is 10.1. The second-order valence-electron chi connectivity index (χ2n) is 5.01. The van der Waals surface area contributed by atoms with Gasteiger partial charge in [0.05, 0.1) is 18.2 Å². The summed E-state index contributed by atoms with van der Waals surface area (Å²) in [6.07, 6.45) is 2.95. The maximum atomic E-state index is 6.30. The van der Waals surface area contributed by atoms with Gasteiger partial charge in [0.25, 0.3) is 0 Å². The average Bonchev–Trinajstić information content (AvgIpc) is 2.31. The Morgan fingerprint density at radius 1 is 1.32 bits per heavy atom. The summed E-state index contributed by atoms with van der Waals surface area (Å²) in [7, 11) is 1.62. The Morgan fingerprint density at radius 3 is 2.53 bits per heavy atom. The summed E-state index contributed by atoms with van der Waals surface area (Å²) in [6, 6.07) is 3.94. The Morgan fingerprint density at radius 2 is 2.00 bits per heavy atom. The van der Waals surface area contributed by atoms with Crippen LogP contribution in [0.4, 0.5) is 0 Å². The van der Waals surface area contributed by atoms with Crippen LogP contribution in [0.25, 0.3) is 0 Å². The van der Waals surface area contributed by atoms with Crippen molar-refractivity contribution in [3.8, 4) is 11.5 Å². The summed E-state index contributed by atoms with van der Waals surface area (Å²) in [5.74, 6) is 1.30. The van der Waals surface area contributed by atoms with E-state index in [0.29, 0.717) is 16.5 Å². The van der Waals surface area contributed by atoms with Crippen LogP contribution in [0, 0.1) is 0 Å². The minimum atomic E-state index is 0.0894. The lowest BCUT2D eigenvalue weighted by molar-refractivity contribution is 0.201. The van der Waals surface area contributed by atoms with Crippen molar-refractivity contribution < 1.29 is 9.47 Å². The van der Waals surface area contributed by atoms with Crippen LogP contribution in [0.3, 0.4) is 0 Å². The second kappa shape index (κ2) is 7.61. The van der Waals surface area contributed by atoms with E-state index >= 15 is 0 Å². The smallest absolute Gasteiger partial charge is 0.180 e. The Hall–Kier alpha value is -0.930. The van der Waals surface area contributed by atoms with Crippen LogP contribution in [-0.4, -0.2) is 19.3 Å². The maximum Gasteiger partial charge on any atom is 0.180 e. The van der Waals surface area contributed by atoms with E-state index in [2.05, 4.69) is 6.92 Å². The van der Waals surface area contributed by atoms with Gasteiger partial charge >= 0.3 is 0 Å². The Balaban J connectivity index is 2.97. The third kappa shape index (κ3) is 4.92. The van der Waals surface area contributed by atoms with Crippen LogP contribution >= 0.6 is 11.6 Å². The third-order valence-corrected chi connectivity index (χ3v) is 3.14. The van der Waals surface area contributed by atoms with E-state index in [1.807, 2.05) is 26.0 Å². The van der Waals surface area contributed by atoms with Crippen molar-refractivity contribution in [2.75, 3.05) is 7.11 Å². The van der Waals surface area contributed by atoms with Crippen LogP contribution in [0.2, 0.25) is 5.02 Å². The molecule has 0 saturated heterocycles. The number of benzene rings is 1. The summed E-state index contributed by atoms with van der Waals surface area (Å²) in [5.41, 5.74) is 6.87. The highest BCUT2D eigenvalue weighted by Crippen LogP contribution is 2.37. The molecule has 2 N–H and O–H groups in total. The van der Waals surface area contributed by atoms with Gasteiger partial charge in [-0.1, -0.05) is 24.9 Å². The van der Waals surface area contributed by atoms with E-state index in [-0.39, 0.29) is 12.1 Å². The molecule has 0 bridgehead atoms. The molecule has 2 atom stereocenters. The molecule has 108 valence electrons. The summed E-state index contributed by atoms with van der Waals surface area (Å²) in [4.78, 5) is 0. The number of nitrogens with two attached hydrogens (primary N) is 1. The molecule has 1 aromatic carbocycles. The predicted molar refractivity (Wildman–Crippen MR) is 80.4 cm³/mol. The highest BCUT2D eigenvalue weighted by Gasteiger charge is 2.15. The van der Waals surface area contributed by atoms with Crippen molar-refractivity contribution in [3.63, 3.8) is 0 Å². The summed E-state index contributed by atoms with van der Waals surface area (Å²) < 4.78 is 11.3. The zero-order chi connectivity index (χ0) is 14.4. The van der Waals surface area contributed by atoms with Gasteiger partial charge in [0.1, 0.15) is 0 Å². The Labute approximate surface area is 121 Å². The van der Waals surface area contributed by atoms with Crippen LogP contribution in [0.15, 0.2) is 12.1 Å².